The fraction of sp³-hybridized carbons (Fsp3) is 0. The molecule has 0 amide bonds. The molecule has 2 rings (SSSR count). The van der Waals surface area contributed by atoms with Crippen LogP contribution in [0.2, 0.25) is 0 Å². The van der Waals surface area contributed by atoms with Crippen LogP contribution < -0.4 is 16.0 Å². The van der Waals surface area contributed by atoms with E-state index in [1.807, 2.05) is 24.3 Å². The molecule has 0 unspecified atom stereocenters. The number of carbonyl (C=O) groups is 1. The smallest absolute Gasteiger partial charge is 0.0951 e. The first kappa shape index (κ1) is 10.9. The van der Waals surface area contributed by atoms with E-state index in [1.54, 1.807) is 12.3 Å². The van der Waals surface area contributed by atoms with Gasteiger partial charge in [-0.15, -0.1) is 0 Å². The number of carboxylic acids is 1. The highest BCUT2D eigenvalue weighted by atomic mass is 16.4. The highest BCUT2D eigenvalue weighted by Gasteiger charge is 2.01. The molecule has 1 aromatic heterocycles. The van der Waals surface area contributed by atoms with Crippen LogP contribution in [0.25, 0.3) is 10.9 Å². The summed E-state index contributed by atoms with van der Waals surface area (Å²) in [5, 5.41) is 11.4. The predicted octanol–water partition coefficient (Wildman–Crippen LogP) is 0.415. The molecule has 5 nitrogen and oxygen atoms in total. The second kappa shape index (κ2) is 4.52. The second-order valence-electron chi connectivity index (χ2n) is 3.40. The summed E-state index contributed by atoms with van der Waals surface area (Å²) in [6.45, 7) is 3.29. The van der Waals surface area contributed by atoms with Crippen LogP contribution in [0.15, 0.2) is 48.8 Å². The van der Waals surface area contributed by atoms with E-state index < -0.39 is 5.97 Å². The number of nitrogens with zero attached hydrogens (tertiary/aromatic N) is 1. The molecule has 0 bridgehead atoms. The van der Waals surface area contributed by atoms with Gasteiger partial charge in [-0.3, -0.25) is 15.8 Å². The number of nitrogens with one attached hydrogen (secondary N) is 2. The summed E-state index contributed by atoms with van der Waals surface area (Å²) in [6.07, 6.45) is 1.67. The van der Waals surface area contributed by atoms with Crippen molar-refractivity contribution < 1.29 is 9.90 Å². The Balaban J connectivity index is 2.24. The summed E-state index contributed by atoms with van der Waals surface area (Å²) in [5.74, 6) is -1.36. The maximum Gasteiger partial charge on any atom is 0.0951 e. The minimum Gasteiger partial charge on any atom is -0.543 e. The lowest BCUT2D eigenvalue weighted by molar-refractivity contribution is -0.299. The van der Waals surface area contributed by atoms with Crippen molar-refractivity contribution in [2.24, 2.45) is 0 Å². The largest absolute Gasteiger partial charge is 0.543 e. The van der Waals surface area contributed by atoms with Gasteiger partial charge < -0.3 is 9.90 Å². The van der Waals surface area contributed by atoms with E-state index in [2.05, 4.69) is 22.4 Å². The molecular weight excluding hydrogens is 218 g/mol. The third-order valence-corrected chi connectivity index (χ3v) is 2.23. The van der Waals surface area contributed by atoms with Gasteiger partial charge in [-0.25, -0.2) is 0 Å². The molecule has 0 atom stereocenters. The van der Waals surface area contributed by atoms with Gasteiger partial charge in [0.25, 0.3) is 0 Å². The molecule has 0 aliphatic carbocycles. The molecule has 0 radical (unpaired) electrons. The number of rotatable bonds is 4. The number of hydrogen-bond acceptors (Lipinski definition) is 5. The van der Waals surface area contributed by atoms with Crippen molar-refractivity contribution in [1.29, 1.82) is 0 Å². The second-order valence-corrected chi connectivity index (χ2v) is 3.40. The van der Waals surface area contributed by atoms with Crippen LogP contribution in [-0.2, 0) is 4.79 Å². The van der Waals surface area contributed by atoms with Gasteiger partial charge in [0.15, 0.2) is 0 Å². The molecule has 0 aliphatic rings. The lowest BCUT2D eigenvalue weighted by atomic mass is 10.2. The summed E-state index contributed by atoms with van der Waals surface area (Å²) in [5.41, 5.74) is 6.36. The van der Waals surface area contributed by atoms with Gasteiger partial charge in [0.05, 0.1) is 22.9 Å². The van der Waals surface area contributed by atoms with E-state index in [0.717, 1.165) is 10.9 Å². The topological polar surface area (TPSA) is 77.1 Å². The molecule has 5 heteroatoms. The quantitative estimate of drug-likeness (QED) is 0.585. The van der Waals surface area contributed by atoms with Crippen molar-refractivity contribution in [3.05, 3.63) is 48.8 Å². The van der Waals surface area contributed by atoms with Crippen molar-refractivity contribution >= 4 is 22.6 Å². The number of para-hydroxylation sites is 1. The van der Waals surface area contributed by atoms with E-state index in [0.29, 0.717) is 5.69 Å². The van der Waals surface area contributed by atoms with Crippen molar-refractivity contribution in [2.45, 2.75) is 0 Å². The number of hydrogen-bond donors (Lipinski definition) is 2. The summed E-state index contributed by atoms with van der Waals surface area (Å²) < 4.78 is 0. The molecule has 2 N–H and O–H groups in total. The Morgan fingerprint density at radius 1 is 1.29 bits per heavy atom. The number of hydrazine groups is 1. The average molecular weight is 228 g/mol. The number of carbonyl (C=O) groups excluding carboxylic acids is 1. The zero-order valence-electron chi connectivity index (χ0n) is 8.93. The SMILES string of the molecule is C=C(NNc1cccc2cccnc12)C(=O)[O-]. The lowest BCUT2D eigenvalue weighted by Gasteiger charge is -2.13. The Bertz CT molecular complexity index is 575. The molecule has 2 aromatic rings. The molecule has 0 saturated heterocycles. The highest BCUT2D eigenvalue weighted by molar-refractivity contribution is 5.90. The van der Waals surface area contributed by atoms with E-state index in [1.165, 1.54) is 0 Å². The molecule has 86 valence electrons. The first-order valence-electron chi connectivity index (χ1n) is 4.94. The Labute approximate surface area is 97.8 Å². The van der Waals surface area contributed by atoms with Gasteiger partial charge in [-0.05, 0) is 12.1 Å². The molecule has 0 saturated carbocycles. The van der Waals surface area contributed by atoms with Gasteiger partial charge in [0.1, 0.15) is 0 Å². The summed E-state index contributed by atoms with van der Waals surface area (Å²) in [6, 6.07) is 9.29. The van der Waals surface area contributed by atoms with Crippen LogP contribution in [0, 0.1) is 0 Å². The number of aliphatic carboxylic acids is 1. The normalized spacial score (nSPS) is 9.88. The van der Waals surface area contributed by atoms with Crippen LogP contribution in [-0.4, -0.2) is 11.0 Å². The monoisotopic (exact) mass is 228 g/mol. The third kappa shape index (κ3) is 2.34. The van der Waals surface area contributed by atoms with E-state index in [4.69, 9.17) is 0 Å². The summed E-state index contributed by atoms with van der Waals surface area (Å²) >= 11 is 0. The zero-order valence-corrected chi connectivity index (χ0v) is 8.93. The van der Waals surface area contributed by atoms with Gasteiger partial charge in [0.2, 0.25) is 0 Å². The van der Waals surface area contributed by atoms with Gasteiger partial charge in [-0.2, -0.15) is 0 Å². The molecule has 0 spiro atoms. The minimum atomic E-state index is -1.36. The van der Waals surface area contributed by atoms with Crippen LogP contribution >= 0.6 is 0 Å². The minimum absolute atomic E-state index is 0.238. The van der Waals surface area contributed by atoms with Gasteiger partial charge in [0, 0.05) is 11.6 Å². The average Bonchev–Trinajstić information content (AvgIpc) is 2.35. The maximum absolute atomic E-state index is 10.5. The number of pyridine rings is 1. The third-order valence-electron chi connectivity index (χ3n) is 2.23. The van der Waals surface area contributed by atoms with Crippen molar-refractivity contribution in [2.75, 3.05) is 5.43 Å². The first-order valence-corrected chi connectivity index (χ1v) is 4.94. The summed E-state index contributed by atoms with van der Waals surface area (Å²) in [7, 11) is 0. The van der Waals surface area contributed by atoms with Crippen molar-refractivity contribution in [3.63, 3.8) is 0 Å². The Morgan fingerprint density at radius 3 is 2.82 bits per heavy atom. The molecule has 0 fully saturated rings. The lowest BCUT2D eigenvalue weighted by Crippen LogP contribution is -2.34. The molecule has 1 aromatic carbocycles. The van der Waals surface area contributed by atoms with Crippen molar-refractivity contribution in [3.8, 4) is 0 Å². The Kier molecular flexibility index (Phi) is 2.91. The molecular formula is C12H10N3O2-. The fourth-order valence-electron chi connectivity index (χ4n) is 1.40. The Hall–Kier alpha value is -2.56. The maximum atomic E-state index is 10.5. The number of benzene rings is 1. The van der Waals surface area contributed by atoms with Gasteiger partial charge >= 0.3 is 0 Å². The standard InChI is InChI=1S/C12H11N3O2/c1-8(12(16)17)14-15-10-6-2-4-9-5-3-7-13-11(9)10/h2-7,14-15H,1H2,(H,16,17)/p-1. The number of carboxylic acid groups (broad SMARTS) is 1. The Morgan fingerprint density at radius 2 is 2.06 bits per heavy atom. The number of aromatic nitrogens is 1. The van der Waals surface area contributed by atoms with E-state index >= 15 is 0 Å². The van der Waals surface area contributed by atoms with E-state index in [-0.39, 0.29) is 5.70 Å². The molecule has 0 aliphatic heterocycles. The van der Waals surface area contributed by atoms with E-state index in [9.17, 15) is 9.90 Å². The zero-order chi connectivity index (χ0) is 12.3. The van der Waals surface area contributed by atoms with Crippen LogP contribution in [0.5, 0.6) is 0 Å². The molecule has 17 heavy (non-hydrogen) atoms. The number of anilines is 1. The predicted molar refractivity (Wildman–Crippen MR) is 62.6 cm³/mol. The van der Waals surface area contributed by atoms with Crippen LogP contribution in [0.4, 0.5) is 5.69 Å². The highest BCUT2D eigenvalue weighted by Crippen LogP contribution is 2.19. The van der Waals surface area contributed by atoms with Crippen LogP contribution in [0.1, 0.15) is 0 Å². The van der Waals surface area contributed by atoms with Gasteiger partial charge in [-0.1, -0.05) is 24.8 Å². The summed E-state index contributed by atoms with van der Waals surface area (Å²) in [4.78, 5) is 14.7. The fourth-order valence-corrected chi connectivity index (χ4v) is 1.40. The van der Waals surface area contributed by atoms with Crippen molar-refractivity contribution in [1.82, 2.24) is 10.4 Å². The molecule has 1 heterocycles. The van der Waals surface area contributed by atoms with Crippen LogP contribution in [0.3, 0.4) is 0 Å². The first-order chi connectivity index (χ1) is 8.18. The number of fused-ring (bicyclic) bond motifs is 1.